The number of esters is 2. The van der Waals surface area contributed by atoms with Crippen molar-refractivity contribution in [1.29, 1.82) is 0 Å². The van der Waals surface area contributed by atoms with Gasteiger partial charge in [0.15, 0.2) is 22.1 Å². The van der Waals surface area contributed by atoms with E-state index in [4.69, 9.17) is 29.2 Å². The Kier molecular flexibility index (Phi) is 12.1. The number of carbonyl (C=O) groups is 2. The lowest BCUT2D eigenvalue weighted by atomic mass is 9.96. The highest BCUT2D eigenvalue weighted by Crippen LogP contribution is 2.45. The number of aliphatic hydroxyl groups is 2. The van der Waals surface area contributed by atoms with Gasteiger partial charge >= 0.3 is 19.6 Å². The molecule has 1 aliphatic rings. The molecule has 47 heavy (non-hydrogen) atoms. The van der Waals surface area contributed by atoms with Gasteiger partial charge in [0, 0.05) is 0 Å². The molecular formula is C28H47BrN7O10P. The molecule has 0 aromatic carbocycles. The van der Waals surface area contributed by atoms with Gasteiger partial charge in [-0.1, -0.05) is 41.5 Å². The van der Waals surface area contributed by atoms with E-state index >= 15 is 0 Å². The molecule has 1 fully saturated rings. The van der Waals surface area contributed by atoms with Crippen LogP contribution < -0.4 is 20.6 Å². The summed E-state index contributed by atoms with van der Waals surface area (Å²) in [5, 5.41) is 27.8. The first-order chi connectivity index (χ1) is 21.5. The first-order valence-corrected chi connectivity index (χ1v) is 17.3. The SMILES string of the molecule is COc1nc(N)nc2c1nc(Br)n2[C@@H]1O[C@H](COP(=O)(N[C@@H](C)C(=O)OCC(C)(C)C)N[C@@H](C)C(=O)OCC(C)(C)C)[C@@H](O)[C@@]1(C)O. The molecule has 2 aromatic rings. The number of methoxy groups -OCH3 is 1. The van der Waals surface area contributed by atoms with Gasteiger partial charge in [-0.3, -0.25) is 18.7 Å². The number of nitrogens with two attached hydrogens (primary N) is 1. The lowest BCUT2D eigenvalue weighted by molar-refractivity contribution is -0.148. The second kappa shape index (κ2) is 14.6. The lowest BCUT2D eigenvalue weighted by Gasteiger charge is -2.28. The highest BCUT2D eigenvalue weighted by Gasteiger charge is 2.55. The van der Waals surface area contributed by atoms with E-state index in [9.17, 15) is 24.4 Å². The Morgan fingerprint density at radius 1 is 1.06 bits per heavy atom. The number of nitrogens with one attached hydrogen (secondary N) is 2. The van der Waals surface area contributed by atoms with Crippen molar-refractivity contribution in [1.82, 2.24) is 29.7 Å². The quantitative estimate of drug-likeness (QED) is 0.112. The van der Waals surface area contributed by atoms with Crippen LogP contribution in [0.4, 0.5) is 5.95 Å². The average molecular weight is 753 g/mol. The number of hydrogen-bond acceptors (Lipinski definition) is 14. The van der Waals surface area contributed by atoms with Crippen molar-refractivity contribution in [2.24, 2.45) is 10.8 Å². The molecule has 0 spiro atoms. The van der Waals surface area contributed by atoms with Gasteiger partial charge in [0.25, 0.3) is 0 Å². The molecule has 0 bridgehead atoms. The third-order valence-electron chi connectivity index (χ3n) is 6.81. The Morgan fingerprint density at radius 2 is 1.57 bits per heavy atom. The molecule has 0 saturated carbocycles. The Balaban J connectivity index is 1.86. The second-order valence-corrected chi connectivity index (χ2v) is 16.7. The van der Waals surface area contributed by atoms with Crippen LogP contribution in [-0.4, -0.2) is 98.5 Å². The maximum absolute atomic E-state index is 14.2. The van der Waals surface area contributed by atoms with Gasteiger partial charge in [0.1, 0.15) is 29.9 Å². The highest BCUT2D eigenvalue weighted by molar-refractivity contribution is 9.10. The van der Waals surface area contributed by atoms with Gasteiger partial charge in [-0.25, -0.2) is 15.2 Å². The van der Waals surface area contributed by atoms with Crippen LogP contribution in [0.5, 0.6) is 5.88 Å². The fourth-order valence-corrected chi connectivity index (χ4v) is 6.71. The number of aliphatic hydroxyl groups excluding tert-OH is 1. The Morgan fingerprint density at radius 3 is 2.04 bits per heavy atom. The largest absolute Gasteiger partial charge is 0.479 e. The zero-order valence-corrected chi connectivity index (χ0v) is 30.8. The summed E-state index contributed by atoms with van der Waals surface area (Å²) >= 11 is 3.33. The molecule has 3 rings (SSSR count). The van der Waals surface area contributed by atoms with Gasteiger partial charge < -0.3 is 39.4 Å². The first-order valence-electron chi connectivity index (χ1n) is 14.9. The highest BCUT2D eigenvalue weighted by atomic mass is 79.9. The van der Waals surface area contributed by atoms with E-state index in [0.29, 0.717) is 0 Å². The minimum absolute atomic E-state index is 0.0772. The lowest BCUT2D eigenvalue weighted by Crippen LogP contribution is -2.46. The van der Waals surface area contributed by atoms with Crippen LogP contribution in [-0.2, 0) is 32.9 Å². The first kappa shape index (κ1) is 39.0. The summed E-state index contributed by atoms with van der Waals surface area (Å²) in [4.78, 5) is 38.1. The molecule has 19 heteroatoms. The van der Waals surface area contributed by atoms with Gasteiger partial charge in [-0.05, 0) is 47.5 Å². The smallest absolute Gasteiger partial charge is 0.342 e. The number of aromatic nitrogens is 4. The number of fused-ring (bicyclic) bond motifs is 1. The van der Waals surface area contributed by atoms with Gasteiger partial charge in [0.05, 0.1) is 26.9 Å². The predicted octanol–water partition coefficient (Wildman–Crippen LogP) is 2.45. The third kappa shape index (κ3) is 9.81. The molecule has 0 amide bonds. The van der Waals surface area contributed by atoms with E-state index in [1.165, 1.54) is 32.4 Å². The monoisotopic (exact) mass is 751 g/mol. The summed E-state index contributed by atoms with van der Waals surface area (Å²) in [5.74, 6) is -1.47. The number of hydrogen-bond donors (Lipinski definition) is 5. The fourth-order valence-electron chi connectivity index (χ4n) is 4.37. The summed E-state index contributed by atoms with van der Waals surface area (Å²) < 4.78 is 43.5. The molecule has 1 saturated heterocycles. The van der Waals surface area contributed by atoms with E-state index in [1.54, 1.807) is 0 Å². The van der Waals surface area contributed by atoms with E-state index in [-0.39, 0.29) is 51.8 Å². The zero-order valence-electron chi connectivity index (χ0n) is 28.4. The Labute approximate surface area is 282 Å². The second-order valence-electron chi connectivity index (χ2n) is 14.1. The number of ether oxygens (including phenoxy) is 4. The number of anilines is 1. The fraction of sp³-hybridized carbons (Fsp3) is 0.750. The van der Waals surface area contributed by atoms with Crippen molar-refractivity contribution >= 4 is 52.7 Å². The van der Waals surface area contributed by atoms with Gasteiger partial charge in [0.2, 0.25) is 11.8 Å². The molecule has 266 valence electrons. The van der Waals surface area contributed by atoms with Crippen molar-refractivity contribution in [3.05, 3.63) is 4.73 Å². The van der Waals surface area contributed by atoms with Crippen molar-refractivity contribution in [2.45, 2.75) is 98.4 Å². The van der Waals surface area contributed by atoms with E-state index < -0.39 is 62.3 Å². The molecular weight excluding hydrogens is 705 g/mol. The minimum Gasteiger partial charge on any atom is -0.479 e. The van der Waals surface area contributed by atoms with Crippen LogP contribution in [0.2, 0.25) is 0 Å². The van der Waals surface area contributed by atoms with E-state index in [0.717, 1.165) is 0 Å². The number of imidazole rings is 1. The van der Waals surface area contributed by atoms with Crippen LogP contribution in [0.1, 0.15) is 68.5 Å². The standard InChI is InChI=1S/C28H47BrN7O10P/c1-14(21(38)43-12-26(3,4)5)34-47(41,35-15(2)22(39)44-13-27(6,7)8)45-11-16-18(37)28(9,40)23(46-16)36-19-17(31-24(36)29)20(42-10)33-25(30)32-19/h14-16,18,23,37,40H,11-13H2,1-10H3,(H2,30,32,33)(H2,34,35,41)/t14-,15-,16+,18+,23+,28+/m0/s1. The molecule has 6 N–H and O–H groups in total. The third-order valence-corrected chi connectivity index (χ3v) is 9.34. The van der Waals surface area contributed by atoms with Gasteiger partial charge in [-0.2, -0.15) is 9.97 Å². The van der Waals surface area contributed by atoms with Crippen molar-refractivity contribution in [3.63, 3.8) is 0 Å². The van der Waals surface area contributed by atoms with E-state index in [2.05, 4.69) is 41.1 Å². The average Bonchev–Trinajstić information content (AvgIpc) is 3.38. The molecule has 0 radical (unpaired) electrons. The molecule has 0 unspecified atom stereocenters. The summed E-state index contributed by atoms with van der Waals surface area (Å²) in [6.45, 7) is 15.1. The topological polar surface area (TPSA) is 231 Å². The number of nitrogen functional groups attached to an aromatic ring is 1. The molecule has 1 aliphatic heterocycles. The van der Waals surface area contributed by atoms with E-state index in [1.807, 2.05) is 41.5 Å². The van der Waals surface area contributed by atoms with Crippen LogP contribution in [0.25, 0.3) is 11.2 Å². The van der Waals surface area contributed by atoms with Crippen molar-refractivity contribution in [2.75, 3.05) is 32.7 Å². The molecule has 3 heterocycles. The zero-order chi connectivity index (χ0) is 35.7. The van der Waals surface area contributed by atoms with Gasteiger partial charge in [-0.15, -0.1) is 0 Å². The molecule has 6 atom stereocenters. The van der Waals surface area contributed by atoms with Crippen molar-refractivity contribution < 1.29 is 47.8 Å². The predicted molar refractivity (Wildman–Crippen MR) is 174 cm³/mol. The molecule has 17 nitrogen and oxygen atoms in total. The Bertz CT molecular complexity index is 1450. The van der Waals surface area contributed by atoms with Crippen LogP contribution in [0, 0.1) is 10.8 Å². The number of rotatable bonds is 13. The minimum atomic E-state index is -4.29. The number of nitrogens with zero attached hydrogens (tertiary/aromatic N) is 4. The number of carbonyl (C=O) groups excluding carboxylic acids is 2. The summed E-state index contributed by atoms with van der Waals surface area (Å²) in [6, 6.07) is -2.29. The van der Waals surface area contributed by atoms with Crippen molar-refractivity contribution in [3.8, 4) is 5.88 Å². The maximum atomic E-state index is 14.2. The Hall–Kier alpha value is -2.44. The summed E-state index contributed by atoms with van der Waals surface area (Å²) in [5.41, 5.74) is 3.60. The molecule has 2 aromatic heterocycles. The van der Waals surface area contributed by atoms with Crippen LogP contribution in [0.15, 0.2) is 4.73 Å². The summed E-state index contributed by atoms with van der Waals surface area (Å²) in [7, 11) is -2.91. The normalized spacial score (nSPS) is 23.5. The summed E-state index contributed by atoms with van der Waals surface area (Å²) in [6.07, 6.45) is -4.17. The number of halogens is 1. The maximum Gasteiger partial charge on any atom is 0.342 e. The molecule has 0 aliphatic carbocycles. The van der Waals surface area contributed by atoms with Crippen LogP contribution >= 0.6 is 23.6 Å². The van der Waals surface area contributed by atoms with Crippen LogP contribution in [0.3, 0.4) is 0 Å².